The van der Waals surface area contributed by atoms with Gasteiger partial charge in [0.2, 0.25) is 0 Å². The second-order valence-corrected chi connectivity index (χ2v) is 7.60. The zero-order valence-corrected chi connectivity index (χ0v) is 14.3. The molecule has 1 rings (SSSR count). The summed E-state index contributed by atoms with van der Waals surface area (Å²) in [7, 11) is 1.42. The molecule has 21 heavy (non-hydrogen) atoms. The first kappa shape index (κ1) is 18.1. The van der Waals surface area contributed by atoms with E-state index in [1.165, 1.54) is 7.11 Å². The quantitative estimate of drug-likeness (QED) is 0.808. The molecule has 5 nitrogen and oxygen atoms in total. The van der Waals surface area contributed by atoms with Gasteiger partial charge in [0.05, 0.1) is 7.11 Å². The molecular weight excluding hydrogens is 290 g/mol. The summed E-state index contributed by atoms with van der Waals surface area (Å²) in [6.07, 6.45) is 2.02. The number of ether oxygens (including phenoxy) is 2. The van der Waals surface area contributed by atoms with Crippen LogP contribution in [0.3, 0.4) is 0 Å². The van der Waals surface area contributed by atoms with Crippen LogP contribution in [0.2, 0.25) is 0 Å². The van der Waals surface area contributed by atoms with Crippen molar-refractivity contribution in [3.8, 4) is 0 Å². The third-order valence-electron chi connectivity index (χ3n) is 3.50. The molecule has 1 fully saturated rings. The SMILES string of the molecule is COC(=O)C[C@H]1CCSCC[C@H]1CNC(=O)OC(C)(C)C. The standard InChI is InChI=1S/C15H27NO4S/c1-15(2,3)20-14(18)16-10-12-6-8-21-7-5-11(12)9-13(17)19-4/h11-12H,5-10H2,1-4H3,(H,16,18)/t11-,12+/m1/s1. The topological polar surface area (TPSA) is 64.6 Å². The molecule has 0 spiro atoms. The molecule has 0 saturated carbocycles. The molecule has 6 heteroatoms. The van der Waals surface area contributed by atoms with Crippen LogP contribution in [0.5, 0.6) is 0 Å². The van der Waals surface area contributed by atoms with Gasteiger partial charge in [-0.1, -0.05) is 0 Å². The first-order valence-corrected chi connectivity index (χ1v) is 8.58. The van der Waals surface area contributed by atoms with Crippen molar-refractivity contribution in [1.82, 2.24) is 5.32 Å². The van der Waals surface area contributed by atoms with E-state index in [4.69, 9.17) is 9.47 Å². The van der Waals surface area contributed by atoms with E-state index < -0.39 is 11.7 Å². The van der Waals surface area contributed by atoms with Crippen LogP contribution in [0.4, 0.5) is 4.79 Å². The number of esters is 1. The van der Waals surface area contributed by atoms with Crippen molar-refractivity contribution >= 4 is 23.8 Å². The van der Waals surface area contributed by atoms with Crippen LogP contribution in [-0.4, -0.2) is 42.8 Å². The number of carbonyl (C=O) groups is 2. The van der Waals surface area contributed by atoms with Gasteiger partial charge in [-0.05, 0) is 57.0 Å². The molecule has 1 N–H and O–H groups in total. The molecule has 1 aliphatic rings. The fraction of sp³-hybridized carbons (Fsp3) is 0.867. The molecule has 0 unspecified atom stereocenters. The summed E-state index contributed by atoms with van der Waals surface area (Å²) in [5.74, 6) is 2.52. The number of methoxy groups -OCH3 is 1. The molecule has 0 aromatic heterocycles. The van der Waals surface area contributed by atoms with Crippen LogP contribution in [-0.2, 0) is 14.3 Å². The Morgan fingerprint density at radius 1 is 1.19 bits per heavy atom. The Kier molecular flexibility index (Phi) is 7.35. The van der Waals surface area contributed by atoms with Crippen molar-refractivity contribution in [1.29, 1.82) is 0 Å². The number of alkyl carbamates (subject to hydrolysis) is 1. The van der Waals surface area contributed by atoms with Crippen molar-refractivity contribution in [2.24, 2.45) is 11.8 Å². The van der Waals surface area contributed by atoms with Crippen molar-refractivity contribution in [2.45, 2.75) is 45.6 Å². The first-order valence-electron chi connectivity index (χ1n) is 7.43. The monoisotopic (exact) mass is 317 g/mol. The van der Waals surface area contributed by atoms with Gasteiger partial charge in [-0.2, -0.15) is 11.8 Å². The van der Waals surface area contributed by atoms with E-state index in [9.17, 15) is 9.59 Å². The normalized spacial score (nSPS) is 23.0. The third kappa shape index (κ3) is 7.60. The summed E-state index contributed by atoms with van der Waals surface area (Å²) in [4.78, 5) is 23.3. The van der Waals surface area contributed by atoms with Crippen LogP contribution in [0.1, 0.15) is 40.0 Å². The molecule has 1 amide bonds. The molecule has 1 heterocycles. The molecule has 0 aromatic rings. The number of hydrogen-bond donors (Lipinski definition) is 1. The third-order valence-corrected chi connectivity index (χ3v) is 4.55. The first-order chi connectivity index (χ1) is 9.81. The summed E-state index contributed by atoms with van der Waals surface area (Å²) in [6.45, 7) is 6.08. The number of amides is 1. The second kappa shape index (κ2) is 8.51. The lowest BCUT2D eigenvalue weighted by Gasteiger charge is -2.25. The van der Waals surface area contributed by atoms with Gasteiger partial charge < -0.3 is 14.8 Å². The second-order valence-electron chi connectivity index (χ2n) is 6.37. The highest BCUT2D eigenvalue weighted by Crippen LogP contribution is 2.30. The van der Waals surface area contributed by atoms with Crippen LogP contribution in [0.15, 0.2) is 0 Å². The van der Waals surface area contributed by atoms with Gasteiger partial charge in [0.1, 0.15) is 5.60 Å². The number of thioether (sulfide) groups is 1. The van der Waals surface area contributed by atoms with E-state index >= 15 is 0 Å². The number of hydrogen-bond acceptors (Lipinski definition) is 5. The largest absolute Gasteiger partial charge is 0.469 e. The summed E-state index contributed by atoms with van der Waals surface area (Å²) >= 11 is 1.91. The maximum atomic E-state index is 11.7. The van der Waals surface area contributed by atoms with Gasteiger partial charge in [-0.15, -0.1) is 0 Å². The molecule has 122 valence electrons. The van der Waals surface area contributed by atoms with Crippen LogP contribution >= 0.6 is 11.8 Å². The Hall–Kier alpha value is -0.910. The van der Waals surface area contributed by atoms with Gasteiger partial charge >= 0.3 is 12.1 Å². The van der Waals surface area contributed by atoms with Gasteiger partial charge in [-0.25, -0.2) is 4.79 Å². The van der Waals surface area contributed by atoms with Crippen LogP contribution < -0.4 is 5.32 Å². The molecule has 0 aliphatic carbocycles. The Morgan fingerprint density at radius 3 is 2.38 bits per heavy atom. The van der Waals surface area contributed by atoms with Crippen molar-refractivity contribution in [3.63, 3.8) is 0 Å². The Labute approximate surface area is 131 Å². The number of carbonyl (C=O) groups excluding carboxylic acids is 2. The Bertz CT molecular complexity index is 354. The molecule has 0 radical (unpaired) electrons. The fourth-order valence-electron chi connectivity index (χ4n) is 2.41. The summed E-state index contributed by atoms with van der Waals surface area (Å²) in [5.41, 5.74) is -0.491. The molecule has 1 aliphatic heterocycles. The maximum absolute atomic E-state index is 11.7. The van der Waals surface area contributed by atoms with Crippen LogP contribution in [0.25, 0.3) is 0 Å². The molecular formula is C15H27NO4S. The average Bonchev–Trinajstić information content (AvgIpc) is 2.59. The summed E-state index contributed by atoms with van der Waals surface area (Å²) in [5, 5.41) is 2.84. The predicted molar refractivity (Wildman–Crippen MR) is 84.4 cm³/mol. The fourth-order valence-corrected chi connectivity index (χ4v) is 3.55. The van der Waals surface area contributed by atoms with Gasteiger partial charge in [-0.3, -0.25) is 4.79 Å². The van der Waals surface area contributed by atoms with Gasteiger partial charge in [0.25, 0.3) is 0 Å². The minimum Gasteiger partial charge on any atom is -0.469 e. The van der Waals surface area contributed by atoms with E-state index in [1.807, 2.05) is 32.5 Å². The zero-order chi connectivity index (χ0) is 15.9. The van der Waals surface area contributed by atoms with Crippen molar-refractivity contribution < 1.29 is 19.1 Å². The highest BCUT2D eigenvalue weighted by atomic mass is 32.2. The number of rotatable bonds is 4. The lowest BCUT2D eigenvalue weighted by molar-refractivity contribution is -0.142. The lowest BCUT2D eigenvalue weighted by Crippen LogP contribution is -2.37. The molecule has 0 aromatic carbocycles. The van der Waals surface area contributed by atoms with Gasteiger partial charge in [0.15, 0.2) is 0 Å². The maximum Gasteiger partial charge on any atom is 0.407 e. The summed E-state index contributed by atoms with van der Waals surface area (Å²) < 4.78 is 10.0. The highest BCUT2D eigenvalue weighted by Gasteiger charge is 2.27. The van der Waals surface area contributed by atoms with E-state index in [2.05, 4.69) is 5.32 Å². The Balaban J connectivity index is 2.51. The average molecular weight is 317 g/mol. The highest BCUT2D eigenvalue weighted by molar-refractivity contribution is 7.99. The molecule has 1 saturated heterocycles. The van der Waals surface area contributed by atoms with Crippen molar-refractivity contribution in [3.05, 3.63) is 0 Å². The molecule has 0 bridgehead atoms. The van der Waals surface area contributed by atoms with Crippen molar-refractivity contribution in [2.75, 3.05) is 25.2 Å². The predicted octanol–water partition coefficient (Wildman–Crippen LogP) is 2.83. The minimum atomic E-state index is -0.491. The molecule has 2 atom stereocenters. The summed E-state index contributed by atoms with van der Waals surface area (Å²) in [6, 6.07) is 0. The van der Waals surface area contributed by atoms with Gasteiger partial charge in [0, 0.05) is 13.0 Å². The number of nitrogens with one attached hydrogen (secondary N) is 1. The Morgan fingerprint density at radius 2 is 1.81 bits per heavy atom. The zero-order valence-electron chi connectivity index (χ0n) is 13.4. The smallest absolute Gasteiger partial charge is 0.407 e. The lowest BCUT2D eigenvalue weighted by atomic mass is 9.85. The van der Waals surface area contributed by atoms with E-state index in [0.717, 1.165) is 24.3 Å². The van der Waals surface area contributed by atoms with E-state index in [1.54, 1.807) is 0 Å². The van der Waals surface area contributed by atoms with E-state index in [0.29, 0.717) is 18.9 Å². The van der Waals surface area contributed by atoms with E-state index in [-0.39, 0.29) is 11.9 Å². The minimum absolute atomic E-state index is 0.172. The van der Waals surface area contributed by atoms with Crippen LogP contribution in [0, 0.1) is 11.8 Å².